The highest BCUT2D eigenvalue weighted by Crippen LogP contribution is 2.37. The second-order valence-corrected chi connectivity index (χ2v) is 10.5. The minimum Gasteiger partial charge on any atom is -0.490 e. The molecule has 7 nitrogen and oxygen atoms in total. The van der Waals surface area contributed by atoms with Crippen LogP contribution in [0.4, 0.5) is 11.4 Å². The van der Waals surface area contributed by atoms with Crippen molar-refractivity contribution in [2.75, 3.05) is 18.5 Å². The van der Waals surface area contributed by atoms with Crippen LogP contribution in [0.25, 0.3) is 6.08 Å². The van der Waals surface area contributed by atoms with Crippen LogP contribution < -0.4 is 20.1 Å². The predicted molar refractivity (Wildman–Crippen MR) is 158 cm³/mol. The number of benzene rings is 3. The smallest absolute Gasteiger partial charge is 0.264 e. The lowest BCUT2D eigenvalue weighted by Crippen LogP contribution is -2.20. The zero-order chi connectivity index (χ0) is 26.4. The SMILES string of the molecule is CCOc1cc(/C=C2/SC(=Nc3cccc(Cl)c3Cl)NC2=O)cc(I)c1OCC(=O)Nc1ccccc1. The Kier molecular flexibility index (Phi) is 9.36. The van der Waals surface area contributed by atoms with Crippen LogP contribution in [0.1, 0.15) is 12.5 Å². The van der Waals surface area contributed by atoms with Crippen molar-refractivity contribution >= 4 is 92.0 Å². The van der Waals surface area contributed by atoms with Gasteiger partial charge in [0, 0.05) is 5.69 Å². The van der Waals surface area contributed by atoms with Gasteiger partial charge in [-0.15, -0.1) is 0 Å². The quantitative estimate of drug-likeness (QED) is 0.201. The number of amides is 2. The number of carbonyl (C=O) groups is 2. The molecule has 1 aliphatic rings. The molecule has 2 amide bonds. The van der Waals surface area contributed by atoms with Gasteiger partial charge in [0.15, 0.2) is 23.3 Å². The predicted octanol–water partition coefficient (Wildman–Crippen LogP) is 6.91. The van der Waals surface area contributed by atoms with Crippen molar-refractivity contribution < 1.29 is 19.1 Å². The maximum atomic E-state index is 12.6. The Labute approximate surface area is 241 Å². The summed E-state index contributed by atoms with van der Waals surface area (Å²) in [5.74, 6) is 0.347. The molecule has 4 rings (SSSR count). The van der Waals surface area contributed by atoms with Gasteiger partial charge in [0.25, 0.3) is 11.8 Å². The molecular formula is C26H20Cl2IN3O4S. The molecule has 2 N–H and O–H groups in total. The number of nitrogens with zero attached hydrogens (tertiary/aromatic N) is 1. The van der Waals surface area contributed by atoms with E-state index < -0.39 is 0 Å². The molecule has 0 bridgehead atoms. The highest BCUT2D eigenvalue weighted by molar-refractivity contribution is 14.1. The molecule has 0 radical (unpaired) electrons. The lowest BCUT2D eigenvalue weighted by molar-refractivity contribution is -0.118. The van der Waals surface area contributed by atoms with E-state index in [2.05, 4.69) is 38.2 Å². The third-order valence-electron chi connectivity index (χ3n) is 4.84. The van der Waals surface area contributed by atoms with Crippen molar-refractivity contribution in [3.05, 3.63) is 84.7 Å². The summed E-state index contributed by atoms with van der Waals surface area (Å²) >= 11 is 15.6. The average molecular weight is 668 g/mol. The number of halogens is 3. The van der Waals surface area contributed by atoms with Gasteiger partial charge in [0.1, 0.15) is 0 Å². The van der Waals surface area contributed by atoms with Gasteiger partial charge in [0.05, 0.1) is 30.8 Å². The number of nitrogens with one attached hydrogen (secondary N) is 2. The number of rotatable bonds is 8. The zero-order valence-corrected chi connectivity index (χ0v) is 23.9. The van der Waals surface area contributed by atoms with Crippen LogP contribution >= 0.6 is 57.6 Å². The first-order valence-electron chi connectivity index (χ1n) is 11.0. The summed E-state index contributed by atoms with van der Waals surface area (Å²) in [6, 6.07) is 17.9. The van der Waals surface area contributed by atoms with Gasteiger partial charge < -0.3 is 20.1 Å². The molecule has 0 saturated carbocycles. The lowest BCUT2D eigenvalue weighted by atomic mass is 10.2. The Morgan fingerprint density at radius 3 is 2.68 bits per heavy atom. The molecule has 11 heteroatoms. The number of anilines is 1. The third kappa shape index (κ3) is 7.19. The van der Waals surface area contributed by atoms with E-state index in [0.29, 0.717) is 49.6 Å². The van der Waals surface area contributed by atoms with Crippen LogP contribution in [0.15, 0.2) is 70.6 Å². The van der Waals surface area contributed by atoms with E-state index in [9.17, 15) is 9.59 Å². The summed E-state index contributed by atoms with van der Waals surface area (Å²) < 4.78 is 12.3. The van der Waals surface area contributed by atoms with Crippen molar-refractivity contribution in [1.29, 1.82) is 0 Å². The van der Waals surface area contributed by atoms with E-state index in [-0.39, 0.29) is 18.4 Å². The molecule has 37 heavy (non-hydrogen) atoms. The van der Waals surface area contributed by atoms with Gasteiger partial charge in [-0.3, -0.25) is 9.59 Å². The first-order chi connectivity index (χ1) is 17.8. The second kappa shape index (κ2) is 12.7. The zero-order valence-electron chi connectivity index (χ0n) is 19.4. The van der Waals surface area contributed by atoms with Crippen LogP contribution in [-0.2, 0) is 9.59 Å². The van der Waals surface area contributed by atoms with E-state index in [4.69, 9.17) is 32.7 Å². The molecule has 1 saturated heterocycles. The number of ether oxygens (including phenoxy) is 2. The molecular weight excluding hydrogens is 648 g/mol. The van der Waals surface area contributed by atoms with Gasteiger partial charge in [-0.05, 0) is 89.3 Å². The lowest BCUT2D eigenvalue weighted by Gasteiger charge is -2.15. The normalized spacial score (nSPS) is 15.1. The van der Waals surface area contributed by atoms with Crippen LogP contribution in [-0.4, -0.2) is 30.2 Å². The Morgan fingerprint density at radius 1 is 1.14 bits per heavy atom. The van der Waals surface area contributed by atoms with E-state index in [1.54, 1.807) is 42.5 Å². The molecule has 3 aromatic carbocycles. The van der Waals surface area contributed by atoms with Crippen molar-refractivity contribution in [2.24, 2.45) is 4.99 Å². The van der Waals surface area contributed by atoms with E-state index in [0.717, 1.165) is 9.13 Å². The number of hydrogen-bond acceptors (Lipinski definition) is 6. The maximum absolute atomic E-state index is 12.6. The number of hydrogen-bond donors (Lipinski definition) is 2. The van der Waals surface area contributed by atoms with Crippen molar-refractivity contribution in [1.82, 2.24) is 5.32 Å². The summed E-state index contributed by atoms with van der Waals surface area (Å²) in [6.07, 6.45) is 1.73. The van der Waals surface area contributed by atoms with Crippen molar-refractivity contribution in [2.45, 2.75) is 6.92 Å². The largest absolute Gasteiger partial charge is 0.490 e. The first-order valence-corrected chi connectivity index (χ1v) is 13.7. The topological polar surface area (TPSA) is 89.0 Å². The molecule has 190 valence electrons. The number of amidine groups is 1. The third-order valence-corrected chi connectivity index (χ3v) is 7.36. The molecule has 0 unspecified atom stereocenters. The Balaban J connectivity index is 1.51. The van der Waals surface area contributed by atoms with Crippen LogP contribution in [0.5, 0.6) is 11.5 Å². The molecule has 0 aliphatic carbocycles. The Morgan fingerprint density at radius 2 is 1.92 bits per heavy atom. The van der Waals surface area contributed by atoms with Gasteiger partial charge in [-0.1, -0.05) is 47.5 Å². The fraction of sp³-hybridized carbons (Fsp3) is 0.115. The van der Waals surface area contributed by atoms with Crippen LogP contribution in [0.3, 0.4) is 0 Å². The molecule has 0 atom stereocenters. The summed E-state index contributed by atoms with van der Waals surface area (Å²) in [6.45, 7) is 2.07. The van der Waals surface area contributed by atoms with Gasteiger partial charge in [-0.2, -0.15) is 0 Å². The molecule has 0 spiro atoms. The molecule has 0 aromatic heterocycles. The van der Waals surface area contributed by atoms with Crippen molar-refractivity contribution in [3.63, 3.8) is 0 Å². The number of para-hydroxylation sites is 1. The standard InChI is InChI=1S/C26H20Cl2IN3O4S/c1-2-35-20-12-15(11-18(29)24(20)36-14-22(33)30-16-7-4-3-5-8-16)13-21-25(34)32-26(37-21)31-19-10-6-9-17(27)23(19)28/h3-13H,2,14H2,1H3,(H,30,33)(H,31,32,34)/b21-13+. The maximum Gasteiger partial charge on any atom is 0.264 e. The first kappa shape index (κ1) is 27.3. The Hall–Kier alpha value is -2.73. The number of thioether (sulfide) groups is 1. The van der Waals surface area contributed by atoms with Gasteiger partial charge in [0.2, 0.25) is 0 Å². The second-order valence-electron chi connectivity index (χ2n) is 7.52. The average Bonchev–Trinajstić information content (AvgIpc) is 3.20. The fourth-order valence-electron chi connectivity index (χ4n) is 3.25. The van der Waals surface area contributed by atoms with E-state index in [1.807, 2.05) is 31.2 Å². The minimum absolute atomic E-state index is 0.185. The van der Waals surface area contributed by atoms with Gasteiger partial charge >= 0.3 is 0 Å². The highest BCUT2D eigenvalue weighted by Gasteiger charge is 2.25. The van der Waals surface area contributed by atoms with Crippen LogP contribution in [0.2, 0.25) is 10.0 Å². The summed E-state index contributed by atoms with van der Waals surface area (Å²) in [5, 5.41) is 6.61. The molecule has 3 aromatic rings. The van der Waals surface area contributed by atoms with E-state index in [1.165, 1.54) is 11.8 Å². The summed E-state index contributed by atoms with van der Waals surface area (Å²) in [7, 11) is 0. The Bertz CT molecular complexity index is 1400. The summed E-state index contributed by atoms with van der Waals surface area (Å²) in [4.78, 5) is 29.8. The van der Waals surface area contributed by atoms with Crippen molar-refractivity contribution in [3.8, 4) is 11.5 Å². The summed E-state index contributed by atoms with van der Waals surface area (Å²) in [5.41, 5.74) is 1.88. The highest BCUT2D eigenvalue weighted by atomic mass is 127. The van der Waals surface area contributed by atoms with E-state index >= 15 is 0 Å². The molecule has 1 heterocycles. The number of aliphatic imine (C=N–C) groups is 1. The monoisotopic (exact) mass is 667 g/mol. The van der Waals surface area contributed by atoms with Gasteiger partial charge in [-0.25, -0.2) is 4.99 Å². The number of carbonyl (C=O) groups excluding carboxylic acids is 2. The molecule has 1 fully saturated rings. The fourth-order valence-corrected chi connectivity index (χ4v) is 5.20. The molecule has 1 aliphatic heterocycles. The van der Waals surface area contributed by atoms with Crippen LogP contribution in [0, 0.1) is 3.57 Å². The minimum atomic E-state index is -0.290.